The lowest BCUT2D eigenvalue weighted by Gasteiger charge is -2.22. The summed E-state index contributed by atoms with van der Waals surface area (Å²) in [7, 11) is 0. The van der Waals surface area contributed by atoms with Crippen LogP contribution in [0.15, 0.2) is 72.8 Å². The van der Waals surface area contributed by atoms with E-state index in [0.717, 1.165) is 11.6 Å². The summed E-state index contributed by atoms with van der Waals surface area (Å²) in [4.78, 5) is 38.0. The van der Waals surface area contributed by atoms with E-state index in [0.29, 0.717) is 23.6 Å². The van der Waals surface area contributed by atoms with Crippen molar-refractivity contribution in [1.82, 2.24) is 10.6 Å². The molecule has 3 rings (SSSR count). The van der Waals surface area contributed by atoms with Crippen molar-refractivity contribution >= 4 is 23.4 Å². The highest BCUT2D eigenvalue weighted by Crippen LogP contribution is 2.15. The van der Waals surface area contributed by atoms with Crippen molar-refractivity contribution in [2.24, 2.45) is 5.92 Å². The van der Waals surface area contributed by atoms with E-state index in [2.05, 4.69) is 16.0 Å². The number of rotatable bonds is 10. The van der Waals surface area contributed by atoms with Gasteiger partial charge in [-0.25, -0.2) is 4.39 Å². The van der Waals surface area contributed by atoms with Crippen LogP contribution in [-0.2, 0) is 11.3 Å². The minimum atomic E-state index is -0.736. The smallest absolute Gasteiger partial charge is 0.255 e. The minimum Gasteiger partial charge on any atom is -0.494 e. The summed E-state index contributed by atoms with van der Waals surface area (Å²) in [6.07, 6.45) is 0. The Hall–Kier alpha value is -4.20. The highest BCUT2D eigenvalue weighted by Gasteiger charge is 2.24. The monoisotopic (exact) mass is 491 g/mol. The fourth-order valence-corrected chi connectivity index (χ4v) is 3.52. The number of carbonyl (C=O) groups is 3. The molecule has 1 unspecified atom stereocenters. The van der Waals surface area contributed by atoms with Crippen molar-refractivity contribution in [3.8, 4) is 5.75 Å². The van der Waals surface area contributed by atoms with Gasteiger partial charge in [0.2, 0.25) is 5.91 Å². The molecule has 0 aliphatic carbocycles. The van der Waals surface area contributed by atoms with Gasteiger partial charge in [0.1, 0.15) is 17.6 Å². The van der Waals surface area contributed by atoms with Gasteiger partial charge in [0, 0.05) is 23.4 Å². The average molecular weight is 492 g/mol. The predicted octanol–water partition coefficient (Wildman–Crippen LogP) is 4.55. The molecule has 36 heavy (non-hydrogen) atoms. The first-order chi connectivity index (χ1) is 17.3. The Balaban J connectivity index is 1.59. The summed E-state index contributed by atoms with van der Waals surface area (Å²) in [6, 6.07) is 18.4. The van der Waals surface area contributed by atoms with Crippen LogP contribution in [0.3, 0.4) is 0 Å². The van der Waals surface area contributed by atoms with E-state index in [9.17, 15) is 18.8 Å². The van der Waals surface area contributed by atoms with E-state index < -0.39 is 17.8 Å². The minimum absolute atomic E-state index is 0.145. The third-order valence-corrected chi connectivity index (χ3v) is 5.40. The lowest BCUT2D eigenvalue weighted by Crippen LogP contribution is -2.49. The zero-order chi connectivity index (χ0) is 26.1. The van der Waals surface area contributed by atoms with Crippen LogP contribution >= 0.6 is 0 Å². The molecule has 0 bridgehead atoms. The Morgan fingerprint density at radius 3 is 2.28 bits per heavy atom. The Kier molecular flexibility index (Phi) is 9.16. The van der Waals surface area contributed by atoms with E-state index in [4.69, 9.17) is 4.74 Å². The number of benzene rings is 3. The molecule has 7 nitrogen and oxygen atoms in total. The van der Waals surface area contributed by atoms with Gasteiger partial charge < -0.3 is 20.7 Å². The first-order valence-electron chi connectivity index (χ1n) is 11.7. The predicted molar refractivity (Wildman–Crippen MR) is 136 cm³/mol. The molecular formula is C28H30FN3O4. The van der Waals surface area contributed by atoms with Crippen LogP contribution < -0.4 is 20.7 Å². The molecule has 1 atom stereocenters. The summed E-state index contributed by atoms with van der Waals surface area (Å²) < 4.78 is 18.8. The fourth-order valence-electron chi connectivity index (χ4n) is 3.52. The molecular weight excluding hydrogens is 461 g/mol. The molecule has 3 aromatic rings. The molecule has 3 aromatic carbocycles. The molecule has 0 saturated heterocycles. The number of hydrogen-bond acceptors (Lipinski definition) is 4. The van der Waals surface area contributed by atoms with E-state index in [1.165, 1.54) is 18.2 Å². The Morgan fingerprint density at radius 2 is 1.61 bits per heavy atom. The van der Waals surface area contributed by atoms with Crippen molar-refractivity contribution < 1.29 is 23.5 Å². The lowest BCUT2D eigenvalue weighted by molar-refractivity contribution is -0.124. The highest BCUT2D eigenvalue weighted by atomic mass is 19.1. The van der Waals surface area contributed by atoms with E-state index in [-0.39, 0.29) is 29.8 Å². The van der Waals surface area contributed by atoms with Crippen LogP contribution in [0.2, 0.25) is 0 Å². The maximum Gasteiger partial charge on any atom is 0.255 e. The molecule has 0 aliphatic rings. The molecule has 0 aliphatic heterocycles. The molecule has 0 heterocycles. The van der Waals surface area contributed by atoms with Crippen LogP contribution in [0.25, 0.3) is 0 Å². The van der Waals surface area contributed by atoms with Crippen molar-refractivity contribution in [3.05, 3.63) is 95.3 Å². The zero-order valence-corrected chi connectivity index (χ0v) is 20.5. The van der Waals surface area contributed by atoms with Crippen molar-refractivity contribution in [3.63, 3.8) is 0 Å². The quantitative estimate of drug-likeness (QED) is 0.388. The van der Waals surface area contributed by atoms with Gasteiger partial charge in [-0.1, -0.05) is 32.0 Å². The van der Waals surface area contributed by atoms with Crippen molar-refractivity contribution in [2.45, 2.75) is 33.4 Å². The third kappa shape index (κ3) is 7.40. The van der Waals surface area contributed by atoms with E-state index >= 15 is 0 Å². The van der Waals surface area contributed by atoms with Gasteiger partial charge in [-0.15, -0.1) is 0 Å². The van der Waals surface area contributed by atoms with Gasteiger partial charge in [0.15, 0.2) is 0 Å². The second kappa shape index (κ2) is 12.5. The topological polar surface area (TPSA) is 96.5 Å². The summed E-state index contributed by atoms with van der Waals surface area (Å²) in [5.41, 5.74) is 1.90. The number of nitrogens with one attached hydrogen (secondary N) is 3. The van der Waals surface area contributed by atoms with Gasteiger partial charge in [0.05, 0.1) is 6.61 Å². The molecule has 188 valence electrons. The van der Waals surface area contributed by atoms with Crippen LogP contribution in [0, 0.1) is 11.7 Å². The van der Waals surface area contributed by atoms with Crippen molar-refractivity contribution in [1.29, 1.82) is 0 Å². The lowest BCUT2D eigenvalue weighted by atomic mass is 10.0. The van der Waals surface area contributed by atoms with Crippen LogP contribution in [-0.4, -0.2) is 30.4 Å². The van der Waals surface area contributed by atoms with Gasteiger partial charge in [-0.3, -0.25) is 14.4 Å². The normalized spacial score (nSPS) is 11.5. The first kappa shape index (κ1) is 26.4. The number of anilines is 1. The van der Waals surface area contributed by atoms with E-state index in [1.54, 1.807) is 48.5 Å². The van der Waals surface area contributed by atoms with Gasteiger partial charge >= 0.3 is 0 Å². The number of halogens is 1. The van der Waals surface area contributed by atoms with Gasteiger partial charge in [-0.2, -0.15) is 0 Å². The molecule has 3 N–H and O–H groups in total. The maximum absolute atomic E-state index is 13.4. The first-order valence-corrected chi connectivity index (χ1v) is 11.7. The number of ether oxygens (including phenoxy) is 1. The fraction of sp³-hybridized carbons (Fsp3) is 0.250. The molecule has 0 spiro atoms. The summed E-state index contributed by atoms with van der Waals surface area (Å²) in [5, 5.41) is 8.37. The van der Waals surface area contributed by atoms with Crippen LogP contribution in [0.1, 0.15) is 47.1 Å². The standard InChI is InChI=1S/C28H30FN3O4/c1-4-36-24-13-11-20(12-14-24)26(33)32-25(18(2)3)28(35)30-17-19-7-5-10-23(15-19)31-27(34)21-8-6-9-22(29)16-21/h5-16,18,25H,4,17H2,1-3H3,(H,30,35)(H,31,34)(H,32,33). The maximum atomic E-state index is 13.4. The van der Waals surface area contributed by atoms with E-state index in [1.807, 2.05) is 20.8 Å². The molecule has 0 saturated carbocycles. The number of carbonyl (C=O) groups excluding carboxylic acids is 3. The molecule has 0 radical (unpaired) electrons. The average Bonchev–Trinajstić information content (AvgIpc) is 2.86. The zero-order valence-electron chi connectivity index (χ0n) is 20.5. The van der Waals surface area contributed by atoms with Crippen LogP contribution in [0.5, 0.6) is 5.75 Å². The molecule has 3 amide bonds. The largest absolute Gasteiger partial charge is 0.494 e. The van der Waals surface area contributed by atoms with Crippen LogP contribution in [0.4, 0.5) is 10.1 Å². The number of amides is 3. The second-order valence-electron chi connectivity index (χ2n) is 8.54. The third-order valence-electron chi connectivity index (χ3n) is 5.40. The number of hydrogen-bond donors (Lipinski definition) is 3. The van der Waals surface area contributed by atoms with Gasteiger partial charge in [0.25, 0.3) is 11.8 Å². The Bertz CT molecular complexity index is 1210. The van der Waals surface area contributed by atoms with Gasteiger partial charge in [-0.05, 0) is 73.0 Å². The summed E-state index contributed by atoms with van der Waals surface area (Å²) in [6.45, 7) is 6.32. The van der Waals surface area contributed by atoms with Crippen molar-refractivity contribution in [2.75, 3.05) is 11.9 Å². The molecule has 0 fully saturated rings. The highest BCUT2D eigenvalue weighted by molar-refractivity contribution is 6.04. The Labute approximate surface area is 210 Å². The second-order valence-corrected chi connectivity index (χ2v) is 8.54. The summed E-state index contributed by atoms with van der Waals surface area (Å²) in [5.74, 6) is -1.08. The SMILES string of the molecule is CCOc1ccc(C(=O)NC(C(=O)NCc2cccc(NC(=O)c3cccc(F)c3)c2)C(C)C)cc1. The summed E-state index contributed by atoms with van der Waals surface area (Å²) >= 11 is 0. The molecule has 8 heteroatoms. The molecule has 0 aromatic heterocycles. The Morgan fingerprint density at radius 1 is 0.889 bits per heavy atom.